The Morgan fingerprint density at radius 2 is 1.68 bits per heavy atom. The summed E-state index contributed by atoms with van der Waals surface area (Å²) in [6, 6.07) is 7.76. The van der Waals surface area contributed by atoms with Crippen LogP contribution in [-0.2, 0) is 11.2 Å². The third-order valence-corrected chi connectivity index (χ3v) is 4.28. The zero-order chi connectivity index (χ0) is 13.2. The Balaban J connectivity index is 1.94. The van der Waals surface area contributed by atoms with Gasteiger partial charge < -0.3 is 0 Å². The highest BCUT2D eigenvalue weighted by Gasteiger charge is 2.34. The van der Waals surface area contributed by atoms with Crippen LogP contribution in [0.25, 0.3) is 0 Å². The SMILES string of the molecule is O=C1CCc2ccccc2C(=O)N1C1CCCCC1. The van der Waals surface area contributed by atoms with Crippen molar-refractivity contribution in [3.05, 3.63) is 35.4 Å². The number of carbonyl (C=O) groups excluding carboxylic acids is 2. The molecule has 1 saturated carbocycles. The first-order valence-electron chi connectivity index (χ1n) is 7.21. The largest absolute Gasteiger partial charge is 0.275 e. The third kappa shape index (κ3) is 2.29. The quantitative estimate of drug-likeness (QED) is 0.725. The first-order chi connectivity index (χ1) is 9.27. The molecule has 1 aromatic carbocycles. The maximum absolute atomic E-state index is 12.7. The van der Waals surface area contributed by atoms with E-state index in [-0.39, 0.29) is 17.9 Å². The lowest BCUT2D eigenvalue weighted by Gasteiger charge is -2.32. The maximum Gasteiger partial charge on any atom is 0.260 e. The molecule has 1 aromatic rings. The molecule has 0 atom stereocenters. The Labute approximate surface area is 113 Å². The molecule has 2 aliphatic rings. The molecule has 0 bridgehead atoms. The minimum Gasteiger partial charge on any atom is -0.275 e. The Morgan fingerprint density at radius 1 is 0.947 bits per heavy atom. The minimum atomic E-state index is -0.0787. The minimum absolute atomic E-state index is 0.00750. The summed E-state index contributed by atoms with van der Waals surface area (Å²) < 4.78 is 0. The highest BCUT2D eigenvalue weighted by Crippen LogP contribution is 2.28. The van der Waals surface area contributed by atoms with Crippen molar-refractivity contribution in [2.24, 2.45) is 0 Å². The van der Waals surface area contributed by atoms with Crippen molar-refractivity contribution >= 4 is 11.8 Å². The average molecular weight is 257 g/mol. The summed E-state index contributed by atoms with van der Waals surface area (Å²) in [6.07, 6.45) is 6.57. The van der Waals surface area contributed by atoms with Crippen molar-refractivity contribution < 1.29 is 9.59 Å². The van der Waals surface area contributed by atoms with Crippen molar-refractivity contribution in [1.29, 1.82) is 0 Å². The van der Waals surface area contributed by atoms with Gasteiger partial charge in [0, 0.05) is 18.0 Å². The summed E-state index contributed by atoms with van der Waals surface area (Å²) in [6.45, 7) is 0. The van der Waals surface area contributed by atoms with E-state index in [2.05, 4.69) is 0 Å². The highest BCUT2D eigenvalue weighted by atomic mass is 16.2. The number of carbonyl (C=O) groups is 2. The standard InChI is InChI=1S/C16H19NO2/c18-15-11-10-12-6-4-5-9-14(12)16(19)17(15)13-7-2-1-3-8-13/h4-6,9,13H,1-3,7-8,10-11H2. The number of amides is 2. The van der Waals surface area contributed by atoms with Gasteiger partial charge in [-0.2, -0.15) is 0 Å². The Morgan fingerprint density at radius 3 is 2.47 bits per heavy atom. The Hall–Kier alpha value is -1.64. The summed E-state index contributed by atoms with van der Waals surface area (Å²) in [4.78, 5) is 26.5. The molecule has 1 aliphatic carbocycles. The van der Waals surface area contributed by atoms with E-state index < -0.39 is 0 Å². The molecule has 100 valence electrons. The third-order valence-electron chi connectivity index (χ3n) is 4.28. The van der Waals surface area contributed by atoms with Crippen LogP contribution in [-0.4, -0.2) is 22.8 Å². The van der Waals surface area contributed by atoms with Crippen LogP contribution < -0.4 is 0 Å². The van der Waals surface area contributed by atoms with Crippen LogP contribution in [0.5, 0.6) is 0 Å². The number of fused-ring (bicyclic) bond motifs is 1. The second kappa shape index (κ2) is 5.16. The predicted molar refractivity (Wildman–Crippen MR) is 72.8 cm³/mol. The van der Waals surface area contributed by atoms with E-state index in [1.54, 1.807) is 4.90 Å². The molecule has 3 nitrogen and oxygen atoms in total. The fourth-order valence-electron chi connectivity index (χ4n) is 3.26. The Bertz CT molecular complexity index is 503. The van der Waals surface area contributed by atoms with Gasteiger partial charge in [0.2, 0.25) is 5.91 Å². The summed E-state index contributed by atoms with van der Waals surface area (Å²) in [5, 5.41) is 0. The van der Waals surface area contributed by atoms with Crippen LogP contribution in [0.15, 0.2) is 24.3 Å². The van der Waals surface area contributed by atoms with Gasteiger partial charge in [0.1, 0.15) is 0 Å². The average Bonchev–Trinajstić information content (AvgIpc) is 2.58. The number of aryl methyl sites for hydroxylation is 1. The van der Waals surface area contributed by atoms with Crippen molar-refractivity contribution in [2.45, 2.75) is 51.0 Å². The van der Waals surface area contributed by atoms with Crippen molar-refractivity contribution in [1.82, 2.24) is 4.90 Å². The van der Waals surface area contributed by atoms with Crippen LogP contribution >= 0.6 is 0 Å². The van der Waals surface area contributed by atoms with Crippen LogP contribution in [0, 0.1) is 0 Å². The summed E-state index contributed by atoms with van der Waals surface area (Å²) in [5.74, 6) is -0.0712. The number of hydrogen-bond donors (Lipinski definition) is 0. The van der Waals surface area contributed by atoms with E-state index in [0.717, 1.165) is 36.8 Å². The second-order valence-electron chi connectivity index (χ2n) is 5.52. The predicted octanol–water partition coefficient (Wildman–Crippen LogP) is 2.93. The van der Waals surface area contributed by atoms with Gasteiger partial charge in [-0.05, 0) is 30.9 Å². The van der Waals surface area contributed by atoms with Crippen molar-refractivity contribution in [3.8, 4) is 0 Å². The van der Waals surface area contributed by atoms with Gasteiger partial charge in [-0.3, -0.25) is 14.5 Å². The highest BCUT2D eigenvalue weighted by molar-refractivity contribution is 6.07. The van der Waals surface area contributed by atoms with Crippen LogP contribution in [0.4, 0.5) is 0 Å². The summed E-state index contributed by atoms with van der Waals surface area (Å²) in [5.41, 5.74) is 1.73. The molecule has 1 aliphatic heterocycles. The van der Waals surface area contributed by atoms with Crippen LogP contribution in [0.1, 0.15) is 54.4 Å². The van der Waals surface area contributed by atoms with Gasteiger partial charge in [-0.15, -0.1) is 0 Å². The topological polar surface area (TPSA) is 37.4 Å². The van der Waals surface area contributed by atoms with Crippen molar-refractivity contribution in [2.75, 3.05) is 0 Å². The monoisotopic (exact) mass is 257 g/mol. The van der Waals surface area contributed by atoms with E-state index in [1.165, 1.54) is 6.42 Å². The zero-order valence-corrected chi connectivity index (χ0v) is 11.1. The molecule has 3 heteroatoms. The lowest BCUT2D eigenvalue weighted by molar-refractivity contribution is -0.130. The molecule has 0 unspecified atom stereocenters. The molecule has 0 spiro atoms. The fourth-order valence-corrected chi connectivity index (χ4v) is 3.26. The van der Waals surface area contributed by atoms with Crippen LogP contribution in [0.3, 0.4) is 0 Å². The normalized spacial score (nSPS) is 21.2. The smallest absolute Gasteiger partial charge is 0.260 e. The first-order valence-corrected chi connectivity index (χ1v) is 7.21. The Kier molecular flexibility index (Phi) is 3.36. The molecule has 2 amide bonds. The lowest BCUT2D eigenvalue weighted by Crippen LogP contribution is -2.44. The molecule has 0 aromatic heterocycles. The van der Waals surface area contributed by atoms with E-state index in [1.807, 2.05) is 24.3 Å². The van der Waals surface area contributed by atoms with Crippen molar-refractivity contribution in [3.63, 3.8) is 0 Å². The van der Waals surface area contributed by atoms with E-state index in [9.17, 15) is 9.59 Å². The number of rotatable bonds is 1. The van der Waals surface area contributed by atoms with E-state index in [4.69, 9.17) is 0 Å². The van der Waals surface area contributed by atoms with E-state index >= 15 is 0 Å². The van der Waals surface area contributed by atoms with E-state index in [0.29, 0.717) is 12.8 Å². The summed E-state index contributed by atoms with van der Waals surface area (Å²) >= 11 is 0. The molecule has 0 radical (unpaired) electrons. The second-order valence-corrected chi connectivity index (χ2v) is 5.52. The lowest BCUT2D eigenvalue weighted by atomic mass is 9.93. The van der Waals surface area contributed by atoms with Gasteiger partial charge in [-0.25, -0.2) is 0 Å². The maximum atomic E-state index is 12.7. The number of imide groups is 1. The van der Waals surface area contributed by atoms with Crippen LogP contribution in [0.2, 0.25) is 0 Å². The molecule has 0 saturated heterocycles. The number of benzene rings is 1. The number of hydrogen-bond acceptors (Lipinski definition) is 2. The zero-order valence-electron chi connectivity index (χ0n) is 11.1. The van der Waals surface area contributed by atoms with Gasteiger partial charge in [0.05, 0.1) is 0 Å². The summed E-state index contributed by atoms with van der Waals surface area (Å²) in [7, 11) is 0. The molecular formula is C16H19NO2. The molecular weight excluding hydrogens is 238 g/mol. The van der Waals surface area contributed by atoms with Gasteiger partial charge in [0.15, 0.2) is 0 Å². The molecule has 3 rings (SSSR count). The van der Waals surface area contributed by atoms with Gasteiger partial charge in [0.25, 0.3) is 5.91 Å². The molecule has 1 fully saturated rings. The fraction of sp³-hybridized carbons (Fsp3) is 0.500. The molecule has 19 heavy (non-hydrogen) atoms. The molecule has 0 N–H and O–H groups in total. The van der Waals surface area contributed by atoms with Gasteiger partial charge >= 0.3 is 0 Å². The first kappa shape index (κ1) is 12.4. The number of nitrogens with zero attached hydrogens (tertiary/aromatic N) is 1. The van der Waals surface area contributed by atoms with Gasteiger partial charge in [-0.1, -0.05) is 37.5 Å². The molecule has 1 heterocycles.